The Labute approximate surface area is 104 Å². The Morgan fingerprint density at radius 1 is 1.33 bits per heavy atom. The zero-order chi connectivity index (χ0) is 13.3. The van der Waals surface area contributed by atoms with Crippen molar-refractivity contribution in [2.45, 2.75) is 12.5 Å². The van der Waals surface area contributed by atoms with E-state index in [4.69, 9.17) is 9.84 Å². The van der Waals surface area contributed by atoms with Crippen molar-refractivity contribution in [3.63, 3.8) is 0 Å². The van der Waals surface area contributed by atoms with Gasteiger partial charge in [0.25, 0.3) is 0 Å². The van der Waals surface area contributed by atoms with Crippen LogP contribution in [0.15, 0.2) is 0 Å². The van der Waals surface area contributed by atoms with Crippen molar-refractivity contribution in [1.29, 1.82) is 0 Å². The van der Waals surface area contributed by atoms with Crippen LogP contribution in [0.3, 0.4) is 0 Å². The molecule has 18 heavy (non-hydrogen) atoms. The first-order valence-corrected chi connectivity index (χ1v) is 5.75. The van der Waals surface area contributed by atoms with Gasteiger partial charge in [-0.05, 0) is 6.42 Å². The van der Waals surface area contributed by atoms with Gasteiger partial charge in [0.15, 0.2) is 6.10 Å². The van der Waals surface area contributed by atoms with Crippen LogP contribution >= 0.6 is 0 Å². The minimum absolute atomic E-state index is 0.133. The summed E-state index contributed by atoms with van der Waals surface area (Å²) < 4.78 is 9.76. The van der Waals surface area contributed by atoms with E-state index < -0.39 is 29.9 Å². The number of hydrogen-bond acceptors (Lipinski definition) is 5. The van der Waals surface area contributed by atoms with Crippen molar-refractivity contribution in [2.75, 3.05) is 26.8 Å². The third-order valence-corrected chi connectivity index (χ3v) is 3.27. The van der Waals surface area contributed by atoms with Gasteiger partial charge < -0.3 is 19.5 Å². The molecule has 1 saturated heterocycles. The first-order chi connectivity index (χ1) is 8.54. The average molecular weight is 257 g/mol. The first-order valence-electron chi connectivity index (χ1n) is 5.75. The molecule has 2 aliphatic rings. The highest BCUT2D eigenvalue weighted by atomic mass is 16.6. The predicted octanol–water partition coefficient (Wildman–Crippen LogP) is -0.892. The summed E-state index contributed by atoms with van der Waals surface area (Å²) in [6.45, 7) is 0.777. The highest BCUT2D eigenvalue weighted by Crippen LogP contribution is 2.40. The Bertz CT molecular complexity index is 382. The highest BCUT2D eigenvalue weighted by Gasteiger charge is 2.50. The van der Waals surface area contributed by atoms with Crippen LogP contribution in [0.4, 0.5) is 0 Å². The molecule has 1 amide bonds. The number of carboxylic acid groups (broad SMARTS) is 1. The molecule has 7 nitrogen and oxygen atoms in total. The minimum Gasteiger partial charge on any atom is -0.481 e. The fourth-order valence-electron chi connectivity index (χ4n) is 2.10. The zero-order valence-electron chi connectivity index (χ0n) is 10.00. The van der Waals surface area contributed by atoms with Crippen LogP contribution in [0.1, 0.15) is 6.42 Å². The second kappa shape index (κ2) is 4.93. The van der Waals surface area contributed by atoms with Gasteiger partial charge in [-0.15, -0.1) is 0 Å². The quantitative estimate of drug-likeness (QED) is 0.659. The number of amides is 1. The number of ether oxygens (including phenoxy) is 2. The van der Waals surface area contributed by atoms with Crippen LogP contribution in [0.5, 0.6) is 0 Å². The molecular weight excluding hydrogens is 242 g/mol. The molecule has 0 aromatic heterocycles. The molecule has 7 heteroatoms. The molecule has 100 valence electrons. The maximum atomic E-state index is 12.0. The van der Waals surface area contributed by atoms with Gasteiger partial charge in [-0.3, -0.25) is 9.59 Å². The molecule has 1 aliphatic carbocycles. The number of aliphatic carboxylic acids is 1. The average Bonchev–Trinajstić information content (AvgIpc) is 3.17. The van der Waals surface area contributed by atoms with Crippen molar-refractivity contribution in [2.24, 2.45) is 11.8 Å². The predicted molar refractivity (Wildman–Crippen MR) is 57.6 cm³/mol. The molecule has 0 aromatic rings. The van der Waals surface area contributed by atoms with Gasteiger partial charge in [0.2, 0.25) is 5.91 Å². The summed E-state index contributed by atoms with van der Waals surface area (Å²) in [7, 11) is 1.26. The summed E-state index contributed by atoms with van der Waals surface area (Å²) in [5, 5.41) is 8.78. The SMILES string of the molecule is COC(=O)C1CN(C(=O)[C@@H]2C[C@@H]2C(=O)O)CCO1. The van der Waals surface area contributed by atoms with Crippen molar-refractivity contribution >= 4 is 17.8 Å². The third kappa shape index (κ3) is 2.45. The minimum atomic E-state index is -0.939. The molecule has 3 atom stereocenters. The van der Waals surface area contributed by atoms with Crippen molar-refractivity contribution in [3.05, 3.63) is 0 Å². The molecular formula is C11H15NO6. The molecule has 2 fully saturated rings. The lowest BCUT2D eigenvalue weighted by atomic mass is 10.2. The van der Waals surface area contributed by atoms with Gasteiger partial charge in [-0.25, -0.2) is 4.79 Å². The van der Waals surface area contributed by atoms with Gasteiger partial charge in [0.05, 0.1) is 32.1 Å². The van der Waals surface area contributed by atoms with Crippen LogP contribution < -0.4 is 0 Å². The van der Waals surface area contributed by atoms with E-state index in [1.807, 2.05) is 0 Å². The number of rotatable bonds is 3. The van der Waals surface area contributed by atoms with Gasteiger partial charge in [0, 0.05) is 6.54 Å². The maximum absolute atomic E-state index is 12.0. The normalized spacial score (nSPS) is 30.7. The summed E-state index contributed by atoms with van der Waals surface area (Å²) in [6, 6.07) is 0. The molecule has 1 saturated carbocycles. The molecule has 1 N–H and O–H groups in total. The number of methoxy groups -OCH3 is 1. The standard InChI is InChI=1S/C11H15NO6/c1-17-11(16)8-5-12(2-3-18-8)9(13)6-4-7(6)10(14)15/h6-8H,2-5H2,1H3,(H,14,15)/t6-,7+,8?/m1/s1. The summed E-state index contributed by atoms with van der Waals surface area (Å²) in [4.78, 5) is 35.5. The van der Waals surface area contributed by atoms with E-state index >= 15 is 0 Å². The Balaban J connectivity index is 1.91. The Morgan fingerprint density at radius 2 is 2.06 bits per heavy atom. The monoisotopic (exact) mass is 257 g/mol. The second-order valence-corrected chi connectivity index (χ2v) is 4.45. The maximum Gasteiger partial charge on any atom is 0.336 e. The number of carbonyl (C=O) groups excluding carboxylic acids is 2. The van der Waals surface area contributed by atoms with Crippen molar-refractivity contribution in [3.8, 4) is 0 Å². The topological polar surface area (TPSA) is 93.1 Å². The van der Waals surface area contributed by atoms with E-state index in [0.29, 0.717) is 13.0 Å². The largest absolute Gasteiger partial charge is 0.481 e. The van der Waals surface area contributed by atoms with Crippen LogP contribution in [0.25, 0.3) is 0 Å². The summed E-state index contributed by atoms with van der Waals surface area (Å²) in [6.07, 6.45) is -0.385. The van der Waals surface area contributed by atoms with Gasteiger partial charge in [0.1, 0.15) is 0 Å². The number of hydrogen-bond donors (Lipinski definition) is 1. The van der Waals surface area contributed by atoms with Crippen LogP contribution in [-0.2, 0) is 23.9 Å². The number of nitrogens with zero attached hydrogens (tertiary/aromatic N) is 1. The van der Waals surface area contributed by atoms with Crippen LogP contribution in [0.2, 0.25) is 0 Å². The summed E-state index contributed by atoms with van der Waals surface area (Å²) in [5.74, 6) is -2.68. The Hall–Kier alpha value is -1.63. The van der Waals surface area contributed by atoms with E-state index in [-0.39, 0.29) is 19.1 Å². The third-order valence-electron chi connectivity index (χ3n) is 3.27. The lowest BCUT2D eigenvalue weighted by Crippen LogP contribution is -2.49. The van der Waals surface area contributed by atoms with E-state index in [9.17, 15) is 14.4 Å². The number of morpholine rings is 1. The number of carboxylic acids is 1. The van der Waals surface area contributed by atoms with Crippen molar-refractivity contribution < 1.29 is 29.0 Å². The molecule has 2 rings (SSSR count). The first kappa shape index (κ1) is 12.8. The van der Waals surface area contributed by atoms with Crippen LogP contribution in [0, 0.1) is 11.8 Å². The Kier molecular flexibility index (Phi) is 3.51. The van der Waals surface area contributed by atoms with Crippen LogP contribution in [-0.4, -0.2) is 60.8 Å². The molecule has 1 aliphatic heterocycles. The molecule has 1 unspecified atom stereocenters. The Morgan fingerprint density at radius 3 is 2.61 bits per heavy atom. The van der Waals surface area contributed by atoms with Gasteiger partial charge in [-0.2, -0.15) is 0 Å². The molecule has 0 aromatic carbocycles. The smallest absolute Gasteiger partial charge is 0.336 e. The molecule has 0 bridgehead atoms. The number of carbonyl (C=O) groups is 3. The van der Waals surface area contributed by atoms with Gasteiger partial charge >= 0.3 is 11.9 Å². The fraction of sp³-hybridized carbons (Fsp3) is 0.727. The zero-order valence-corrected chi connectivity index (χ0v) is 10.00. The summed E-state index contributed by atoms with van der Waals surface area (Å²) in [5.41, 5.74) is 0. The lowest BCUT2D eigenvalue weighted by molar-refractivity contribution is -0.163. The van der Waals surface area contributed by atoms with Crippen molar-refractivity contribution in [1.82, 2.24) is 4.90 Å². The van der Waals surface area contributed by atoms with E-state index in [2.05, 4.69) is 4.74 Å². The highest BCUT2D eigenvalue weighted by molar-refractivity contribution is 5.90. The fourth-order valence-corrected chi connectivity index (χ4v) is 2.10. The lowest BCUT2D eigenvalue weighted by Gasteiger charge is -2.31. The molecule has 1 heterocycles. The molecule has 0 spiro atoms. The van der Waals surface area contributed by atoms with E-state index in [0.717, 1.165) is 0 Å². The summed E-state index contributed by atoms with van der Waals surface area (Å²) >= 11 is 0. The molecule has 0 radical (unpaired) electrons. The second-order valence-electron chi connectivity index (χ2n) is 4.45. The van der Waals surface area contributed by atoms with E-state index in [1.165, 1.54) is 12.0 Å². The number of esters is 1. The van der Waals surface area contributed by atoms with Gasteiger partial charge in [-0.1, -0.05) is 0 Å². The van der Waals surface area contributed by atoms with E-state index in [1.54, 1.807) is 0 Å².